The van der Waals surface area contributed by atoms with Crippen LogP contribution in [0.3, 0.4) is 0 Å². The highest BCUT2D eigenvalue weighted by atomic mass is 79.9. The molecule has 1 aromatic carbocycles. The highest BCUT2D eigenvalue weighted by Gasteiger charge is 2.05. The van der Waals surface area contributed by atoms with Crippen molar-refractivity contribution in [2.24, 2.45) is 0 Å². The minimum Gasteiger partial charge on any atom is -0.464 e. The molecule has 0 heterocycles. The number of nitrogens with zero attached hydrogens (tertiary/aromatic N) is 1. The van der Waals surface area contributed by atoms with Gasteiger partial charge in [0.2, 0.25) is 0 Å². The lowest BCUT2D eigenvalue weighted by Crippen LogP contribution is -2.12. The molecule has 1 rings (SSSR count). The summed E-state index contributed by atoms with van der Waals surface area (Å²) in [4.78, 5) is 11.0. The summed E-state index contributed by atoms with van der Waals surface area (Å²) in [6.45, 7) is 2.18. The van der Waals surface area contributed by atoms with Crippen molar-refractivity contribution in [1.82, 2.24) is 0 Å². The minimum absolute atomic E-state index is 0.106. The van der Waals surface area contributed by atoms with Gasteiger partial charge in [-0.05, 0) is 30.7 Å². The van der Waals surface area contributed by atoms with E-state index in [0.717, 1.165) is 10.0 Å². The molecule has 90 valence electrons. The normalized spacial score (nSPS) is 9.71. The molecule has 0 radical (unpaired) electrons. The van der Waals surface area contributed by atoms with Crippen LogP contribution < -0.4 is 0 Å². The molecule has 0 saturated carbocycles. The van der Waals surface area contributed by atoms with Crippen LogP contribution in [0, 0.1) is 11.3 Å². The van der Waals surface area contributed by atoms with Crippen LogP contribution in [0.1, 0.15) is 18.1 Å². The summed E-state index contributed by atoms with van der Waals surface area (Å²) >= 11 is 3.31. The molecule has 0 fully saturated rings. The van der Waals surface area contributed by atoms with Gasteiger partial charge in [0, 0.05) is 4.47 Å². The Morgan fingerprint density at radius 1 is 1.53 bits per heavy atom. The summed E-state index contributed by atoms with van der Waals surface area (Å²) in [5, 5.41) is 8.89. The largest absolute Gasteiger partial charge is 0.464 e. The van der Waals surface area contributed by atoms with E-state index in [1.165, 1.54) is 0 Å². The maximum absolute atomic E-state index is 11.0. The number of carbonyl (C=O) groups excluding carboxylic acids is 1. The molecule has 0 N–H and O–H groups in total. The van der Waals surface area contributed by atoms with Gasteiger partial charge in [0.15, 0.2) is 0 Å². The molecule has 0 spiro atoms. The third-order valence-corrected chi connectivity index (χ3v) is 2.46. The first-order valence-corrected chi connectivity index (χ1v) is 5.88. The van der Waals surface area contributed by atoms with Crippen LogP contribution in [0.15, 0.2) is 22.7 Å². The molecule has 0 unspecified atom stereocenters. The van der Waals surface area contributed by atoms with Crippen molar-refractivity contribution in [1.29, 1.82) is 5.26 Å². The average molecular weight is 298 g/mol. The lowest BCUT2D eigenvalue weighted by Gasteiger charge is -2.06. The van der Waals surface area contributed by atoms with Gasteiger partial charge < -0.3 is 9.47 Å². The topological polar surface area (TPSA) is 59.3 Å². The first-order chi connectivity index (χ1) is 8.17. The van der Waals surface area contributed by atoms with Gasteiger partial charge in [-0.15, -0.1) is 0 Å². The minimum atomic E-state index is -0.402. The highest BCUT2D eigenvalue weighted by Crippen LogP contribution is 2.16. The fourth-order valence-corrected chi connectivity index (χ4v) is 1.65. The van der Waals surface area contributed by atoms with Crippen LogP contribution in [0.4, 0.5) is 0 Å². The molecule has 0 amide bonds. The summed E-state index contributed by atoms with van der Waals surface area (Å²) in [5.41, 5.74) is 1.28. The Hall–Kier alpha value is -1.38. The van der Waals surface area contributed by atoms with E-state index in [4.69, 9.17) is 14.7 Å². The zero-order valence-corrected chi connectivity index (χ0v) is 11.0. The Morgan fingerprint density at radius 2 is 2.29 bits per heavy atom. The van der Waals surface area contributed by atoms with Crippen LogP contribution in [-0.2, 0) is 20.9 Å². The van der Waals surface area contributed by atoms with E-state index >= 15 is 0 Å². The maximum atomic E-state index is 11.0. The monoisotopic (exact) mass is 297 g/mol. The number of hydrogen-bond acceptors (Lipinski definition) is 4. The molecule has 17 heavy (non-hydrogen) atoms. The van der Waals surface area contributed by atoms with Gasteiger partial charge in [0.05, 0.1) is 24.8 Å². The zero-order chi connectivity index (χ0) is 12.7. The van der Waals surface area contributed by atoms with Crippen molar-refractivity contribution in [2.45, 2.75) is 13.5 Å². The SMILES string of the molecule is CCOC(=O)COCc1cc(Br)ccc1C#N. The lowest BCUT2D eigenvalue weighted by molar-refractivity contribution is -0.148. The van der Waals surface area contributed by atoms with Gasteiger partial charge in [0.1, 0.15) is 6.61 Å². The van der Waals surface area contributed by atoms with Crippen molar-refractivity contribution in [3.8, 4) is 6.07 Å². The third-order valence-electron chi connectivity index (χ3n) is 1.97. The third kappa shape index (κ3) is 4.55. The van der Waals surface area contributed by atoms with Crippen molar-refractivity contribution in [3.05, 3.63) is 33.8 Å². The molecular formula is C12H12BrNO3. The molecule has 5 heteroatoms. The maximum Gasteiger partial charge on any atom is 0.332 e. The second kappa shape index (κ2) is 7.05. The van der Waals surface area contributed by atoms with Gasteiger partial charge >= 0.3 is 5.97 Å². The van der Waals surface area contributed by atoms with E-state index in [1.807, 2.05) is 0 Å². The van der Waals surface area contributed by atoms with E-state index in [0.29, 0.717) is 12.2 Å². The number of halogens is 1. The summed E-state index contributed by atoms with van der Waals surface area (Å²) < 4.78 is 10.8. The smallest absolute Gasteiger partial charge is 0.332 e. The van der Waals surface area contributed by atoms with Crippen LogP contribution in [0.5, 0.6) is 0 Å². The molecule has 1 aromatic rings. The number of esters is 1. The number of ether oxygens (including phenoxy) is 2. The molecule has 0 aliphatic heterocycles. The molecule has 0 bridgehead atoms. The van der Waals surface area contributed by atoms with Gasteiger partial charge in [-0.3, -0.25) is 0 Å². The quantitative estimate of drug-likeness (QED) is 0.783. The van der Waals surface area contributed by atoms with Crippen LogP contribution in [0.25, 0.3) is 0 Å². The molecule has 0 aliphatic carbocycles. The first-order valence-electron chi connectivity index (χ1n) is 5.09. The van der Waals surface area contributed by atoms with Crippen molar-refractivity contribution in [2.75, 3.05) is 13.2 Å². The number of carbonyl (C=O) groups is 1. The lowest BCUT2D eigenvalue weighted by atomic mass is 10.1. The van der Waals surface area contributed by atoms with E-state index < -0.39 is 5.97 Å². The van der Waals surface area contributed by atoms with Gasteiger partial charge in [-0.1, -0.05) is 15.9 Å². The van der Waals surface area contributed by atoms with Crippen LogP contribution >= 0.6 is 15.9 Å². The Morgan fingerprint density at radius 3 is 2.94 bits per heavy atom. The van der Waals surface area contributed by atoms with E-state index in [1.54, 1.807) is 25.1 Å². The van der Waals surface area contributed by atoms with Gasteiger partial charge in [-0.2, -0.15) is 5.26 Å². The second-order valence-corrected chi connectivity index (χ2v) is 4.13. The van der Waals surface area contributed by atoms with Crippen LogP contribution in [0.2, 0.25) is 0 Å². The fourth-order valence-electron chi connectivity index (χ4n) is 1.24. The molecule has 0 aliphatic rings. The van der Waals surface area contributed by atoms with Gasteiger partial charge in [-0.25, -0.2) is 4.79 Å². The summed E-state index contributed by atoms with van der Waals surface area (Å²) in [6.07, 6.45) is 0. The van der Waals surface area contributed by atoms with Crippen molar-refractivity contribution < 1.29 is 14.3 Å². The zero-order valence-electron chi connectivity index (χ0n) is 9.40. The van der Waals surface area contributed by atoms with Crippen molar-refractivity contribution in [3.63, 3.8) is 0 Å². The first kappa shape index (κ1) is 13.7. The Kier molecular flexibility index (Phi) is 5.67. The molecule has 4 nitrogen and oxygen atoms in total. The number of rotatable bonds is 5. The van der Waals surface area contributed by atoms with Crippen LogP contribution in [-0.4, -0.2) is 19.2 Å². The molecule has 0 aromatic heterocycles. The Balaban J connectivity index is 2.54. The molecule has 0 atom stereocenters. The highest BCUT2D eigenvalue weighted by molar-refractivity contribution is 9.10. The van der Waals surface area contributed by atoms with Gasteiger partial charge in [0.25, 0.3) is 0 Å². The number of nitriles is 1. The second-order valence-electron chi connectivity index (χ2n) is 3.21. The summed E-state index contributed by atoms with van der Waals surface area (Å²) in [5.74, 6) is -0.402. The Labute approximate surface area is 108 Å². The predicted octanol–water partition coefficient (Wildman–Crippen LogP) is 2.40. The molecular weight excluding hydrogens is 286 g/mol. The summed E-state index contributed by atoms with van der Waals surface area (Å²) in [6, 6.07) is 7.35. The number of hydrogen-bond donors (Lipinski definition) is 0. The molecule has 0 saturated heterocycles. The fraction of sp³-hybridized carbons (Fsp3) is 0.333. The predicted molar refractivity (Wildman–Crippen MR) is 65.1 cm³/mol. The Bertz CT molecular complexity index is 440. The standard InChI is InChI=1S/C12H12BrNO3/c1-2-17-12(15)8-16-7-10-5-11(13)4-3-9(10)6-14/h3-5H,2,7-8H2,1H3. The van der Waals surface area contributed by atoms with Crippen molar-refractivity contribution >= 4 is 21.9 Å². The van der Waals surface area contributed by atoms with E-state index in [2.05, 4.69) is 22.0 Å². The van der Waals surface area contributed by atoms with E-state index in [9.17, 15) is 4.79 Å². The van der Waals surface area contributed by atoms with E-state index in [-0.39, 0.29) is 13.2 Å². The summed E-state index contributed by atoms with van der Waals surface area (Å²) in [7, 11) is 0. The average Bonchev–Trinajstić information content (AvgIpc) is 2.30. The number of benzene rings is 1.